The molecular weight excluding hydrogens is 276 g/mol. The van der Waals surface area contributed by atoms with E-state index in [-0.39, 0.29) is 18.2 Å². The molecule has 0 aromatic heterocycles. The molecule has 3 aliphatic rings. The Labute approximate surface area is 135 Å². The Morgan fingerprint density at radius 1 is 1.00 bits per heavy atom. The van der Waals surface area contributed by atoms with Gasteiger partial charge in [0.1, 0.15) is 6.10 Å². The van der Waals surface area contributed by atoms with Gasteiger partial charge in [0.05, 0.1) is 6.10 Å². The van der Waals surface area contributed by atoms with Crippen molar-refractivity contribution in [1.29, 1.82) is 0 Å². The summed E-state index contributed by atoms with van der Waals surface area (Å²) >= 11 is 0. The average Bonchev–Trinajstić information content (AvgIpc) is 3.16. The topological polar surface area (TPSA) is 35.5 Å². The van der Waals surface area contributed by atoms with Gasteiger partial charge in [0.2, 0.25) is 0 Å². The molecule has 1 aliphatic heterocycles. The van der Waals surface area contributed by atoms with Gasteiger partial charge in [0, 0.05) is 13.0 Å². The lowest BCUT2D eigenvalue weighted by Crippen LogP contribution is -2.38. The van der Waals surface area contributed by atoms with Gasteiger partial charge in [-0.15, -0.1) is 0 Å². The molecular formula is C19H32O3. The van der Waals surface area contributed by atoms with E-state index in [4.69, 9.17) is 9.47 Å². The average molecular weight is 308 g/mol. The minimum absolute atomic E-state index is 0.0333. The van der Waals surface area contributed by atoms with Gasteiger partial charge in [-0.2, -0.15) is 0 Å². The van der Waals surface area contributed by atoms with Crippen LogP contribution in [0.25, 0.3) is 0 Å². The van der Waals surface area contributed by atoms with E-state index in [1.165, 1.54) is 51.4 Å². The fraction of sp³-hybridized carbons (Fsp3) is 0.947. The zero-order valence-electron chi connectivity index (χ0n) is 14.1. The number of carbonyl (C=O) groups is 1. The Kier molecular flexibility index (Phi) is 5.78. The van der Waals surface area contributed by atoms with Crippen LogP contribution in [-0.4, -0.2) is 24.8 Å². The van der Waals surface area contributed by atoms with E-state index in [0.717, 1.165) is 31.3 Å². The third-order valence-electron chi connectivity index (χ3n) is 5.78. The smallest absolute Gasteiger partial charge is 0.306 e. The molecule has 0 radical (unpaired) electrons. The Morgan fingerprint density at radius 3 is 2.45 bits per heavy atom. The summed E-state index contributed by atoms with van der Waals surface area (Å²) in [5.74, 6) is 2.18. The van der Waals surface area contributed by atoms with Crippen LogP contribution in [-0.2, 0) is 14.3 Å². The highest BCUT2D eigenvalue weighted by Crippen LogP contribution is 2.37. The maximum atomic E-state index is 11.9. The zero-order valence-corrected chi connectivity index (χ0v) is 14.1. The fourth-order valence-corrected chi connectivity index (χ4v) is 4.29. The van der Waals surface area contributed by atoms with Gasteiger partial charge in [-0.1, -0.05) is 32.1 Å². The Bertz CT molecular complexity index is 358. The Balaban J connectivity index is 1.64. The highest BCUT2D eigenvalue weighted by atomic mass is 16.6. The molecule has 0 unspecified atom stereocenters. The first-order chi connectivity index (χ1) is 10.7. The van der Waals surface area contributed by atoms with Gasteiger partial charge in [0.15, 0.2) is 0 Å². The lowest BCUT2D eigenvalue weighted by atomic mass is 9.84. The monoisotopic (exact) mass is 308 g/mol. The van der Waals surface area contributed by atoms with Crippen molar-refractivity contribution in [3.05, 3.63) is 0 Å². The van der Waals surface area contributed by atoms with Crippen molar-refractivity contribution in [3.63, 3.8) is 0 Å². The molecule has 0 amide bonds. The quantitative estimate of drug-likeness (QED) is 0.702. The van der Waals surface area contributed by atoms with Gasteiger partial charge in [-0.05, 0) is 56.8 Å². The van der Waals surface area contributed by atoms with Gasteiger partial charge >= 0.3 is 5.97 Å². The van der Waals surface area contributed by atoms with Crippen molar-refractivity contribution >= 4 is 5.97 Å². The number of ether oxygens (including phenoxy) is 2. The van der Waals surface area contributed by atoms with Crippen LogP contribution in [0.3, 0.4) is 0 Å². The maximum Gasteiger partial charge on any atom is 0.306 e. The van der Waals surface area contributed by atoms with Crippen LogP contribution >= 0.6 is 0 Å². The lowest BCUT2D eigenvalue weighted by molar-refractivity contribution is -0.159. The van der Waals surface area contributed by atoms with Crippen molar-refractivity contribution in [2.75, 3.05) is 6.61 Å². The molecule has 0 N–H and O–H groups in total. The van der Waals surface area contributed by atoms with Crippen LogP contribution in [0.4, 0.5) is 0 Å². The molecule has 1 heterocycles. The lowest BCUT2D eigenvalue weighted by Gasteiger charge is -2.32. The summed E-state index contributed by atoms with van der Waals surface area (Å²) in [5.41, 5.74) is 0. The molecule has 1 saturated heterocycles. The molecule has 0 bridgehead atoms. The summed E-state index contributed by atoms with van der Waals surface area (Å²) in [6.07, 6.45) is 13.4. The largest absolute Gasteiger partial charge is 0.460 e. The van der Waals surface area contributed by atoms with Crippen LogP contribution in [0.2, 0.25) is 0 Å². The van der Waals surface area contributed by atoms with Gasteiger partial charge in [-0.3, -0.25) is 4.79 Å². The van der Waals surface area contributed by atoms with Crippen LogP contribution < -0.4 is 0 Å². The maximum absolute atomic E-state index is 11.9. The van der Waals surface area contributed by atoms with Gasteiger partial charge < -0.3 is 9.47 Å². The van der Waals surface area contributed by atoms with Crippen molar-refractivity contribution in [1.82, 2.24) is 0 Å². The van der Waals surface area contributed by atoms with Crippen LogP contribution in [0, 0.1) is 17.8 Å². The molecule has 3 fully saturated rings. The number of carbonyl (C=O) groups excluding carboxylic acids is 1. The van der Waals surface area contributed by atoms with Crippen molar-refractivity contribution in [3.8, 4) is 0 Å². The molecule has 0 aromatic carbocycles. The molecule has 2 aliphatic carbocycles. The molecule has 3 nitrogen and oxygen atoms in total. The second-order valence-corrected chi connectivity index (χ2v) is 7.83. The number of hydrogen-bond acceptors (Lipinski definition) is 3. The normalized spacial score (nSPS) is 34.8. The van der Waals surface area contributed by atoms with Crippen molar-refractivity contribution in [2.45, 2.75) is 89.8 Å². The number of hydrogen-bond donors (Lipinski definition) is 0. The van der Waals surface area contributed by atoms with Crippen LogP contribution in [0.5, 0.6) is 0 Å². The molecule has 126 valence electrons. The summed E-state index contributed by atoms with van der Waals surface area (Å²) < 4.78 is 12.0. The predicted molar refractivity (Wildman–Crippen MR) is 86.6 cm³/mol. The predicted octanol–water partition coefficient (Wildman–Crippen LogP) is 4.48. The molecule has 22 heavy (non-hydrogen) atoms. The summed E-state index contributed by atoms with van der Waals surface area (Å²) in [5, 5.41) is 0. The highest BCUT2D eigenvalue weighted by molar-refractivity contribution is 5.69. The first-order valence-corrected chi connectivity index (χ1v) is 9.53. The van der Waals surface area contributed by atoms with E-state index >= 15 is 0 Å². The first-order valence-electron chi connectivity index (χ1n) is 9.53. The van der Waals surface area contributed by atoms with E-state index in [1.807, 2.05) is 6.92 Å². The van der Waals surface area contributed by atoms with Crippen LogP contribution in [0.1, 0.15) is 77.6 Å². The molecule has 0 spiro atoms. The second kappa shape index (κ2) is 7.81. The van der Waals surface area contributed by atoms with E-state index < -0.39 is 0 Å². The molecule has 3 atom stereocenters. The van der Waals surface area contributed by atoms with Crippen LogP contribution in [0.15, 0.2) is 0 Å². The summed E-state index contributed by atoms with van der Waals surface area (Å²) in [6.45, 7) is 2.91. The zero-order chi connectivity index (χ0) is 15.4. The molecule has 0 aromatic rings. The SMILES string of the molecule is C[C@@H]1OC(=O)CCCC[C@H](CC2CCCC2)[C@H]1OCC1CC1. The minimum atomic E-state index is -0.0873. The third-order valence-corrected chi connectivity index (χ3v) is 5.78. The summed E-state index contributed by atoms with van der Waals surface area (Å²) in [6, 6.07) is 0. The number of rotatable bonds is 5. The summed E-state index contributed by atoms with van der Waals surface area (Å²) in [7, 11) is 0. The Hall–Kier alpha value is -0.570. The standard InChI is InChI=1S/C19H32O3/c1-14-19(21-13-16-10-11-16)17(12-15-6-2-3-7-15)8-4-5-9-18(20)22-14/h14-17,19H,2-13H2,1H3/t14-,17+,19-/m0/s1. The van der Waals surface area contributed by atoms with E-state index in [9.17, 15) is 4.79 Å². The van der Waals surface area contributed by atoms with Gasteiger partial charge in [0.25, 0.3) is 0 Å². The van der Waals surface area contributed by atoms with Crippen molar-refractivity contribution in [2.24, 2.45) is 17.8 Å². The van der Waals surface area contributed by atoms with E-state index in [2.05, 4.69) is 0 Å². The van der Waals surface area contributed by atoms with Crippen molar-refractivity contribution < 1.29 is 14.3 Å². The highest BCUT2D eigenvalue weighted by Gasteiger charge is 2.35. The molecule has 2 saturated carbocycles. The number of cyclic esters (lactones) is 1. The molecule has 3 heteroatoms. The first kappa shape index (κ1) is 16.3. The Morgan fingerprint density at radius 2 is 1.73 bits per heavy atom. The van der Waals surface area contributed by atoms with Gasteiger partial charge in [-0.25, -0.2) is 0 Å². The van der Waals surface area contributed by atoms with E-state index in [1.54, 1.807) is 0 Å². The second-order valence-electron chi connectivity index (χ2n) is 7.83. The minimum Gasteiger partial charge on any atom is -0.460 e. The molecule has 3 rings (SSSR count). The van der Waals surface area contributed by atoms with E-state index in [0.29, 0.717) is 12.3 Å². The number of esters is 1. The summed E-state index contributed by atoms with van der Waals surface area (Å²) in [4.78, 5) is 11.9. The third kappa shape index (κ3) is 4.71. The fourth-order valence-electron chi connectivity index (χ4n) is 4.29.